The van der Waals surface area contributed by atoms with E-state index in [1.54, 1.807) is 11.8 Å². The highest BCUT2D eigenvalue weighted by Gasteiger charge is 2.38. The molecular weight excluding hydrogens is 496 g/mol. The molecule has 3 atom stereocenters. The molecule has 0 radical (unpaired) electrons. The number of fused-ring (bicyclic) bond motifs is 1. The number of nitrogens with two attached hydrogens (primary N) is 2. The Morgan fingerprint density at radius 3 is 2.56 bits per heavy atom. The highest BCUT2D eigenvalue weighted by atomic mass is 16.2. The van der Waals surface area contributed by atoms with Crippen molar-refractivity contribution in [2.45, 2.75) is 83.5 Å². The summed E-state index contributed by atoms with van der Waals surface area (Å²) >= 11 is 0. The molecule has 0 spiro atoms. The Morgan fingerprint density at radius 1 is 1.10 bits per heavy atom. The van der Waals surface area contributed by atoms with Gasteiger partial charge in [0.2, 0.25) is 23.6 Å². The van der Waals surface area contributed by atoms with Gasteiger partial charge in [0.05, 0.1) is 19.0 Å². The number of likely N-dealkylation sites (N-methyl/N-ethyl adjacent to an activating group) is 1. The number of nitrogens with zero attached hydrogens (tertiary/aromatic N) is 4. The van der Waals surface area contributed by atoms with Crippen LogP contribution < -0.4 is 11.5 Å². The lowest BCUT2D eigenvalue weighted by Crippen LogP contribution is -2.57. The number of likely N-dealkylation sites (tertiary alicyclic amines) is 2. The Hall–Kier alpha value is -3.40. The lowest BCUT2D eigenvalue weighted by atomic mass is 10.0. The van der Waals surface area contributed by atoms with Crippen LogP contribution >= 0.6 is 0 Å². The van der Waals surface area contributed by atoms with Gasteiger partial charge in [-0.3, -0.25) is 19.2 Å². The number of primary amides is 1. The van der Waals surface area contributed by atoms with Gasteiger partial charge in [0.15, 0.2) is 0 Å². The predicted molar refractivity (Wildman–Crippen MR) is 149 cm³/mol. The molecule has 2 aliphatic heterocycles. The Bertz CT molecular complexity index is 1210. The minimum absolute atomic E-state index is 0.0214. The standard InChI is InChI=1S/C29H42N6O4/c1-3-33-22(17-20-9-5-6-11-24(20)33)14-13-21-10-7-16-35(21)27(37)19-32-15-8-12-25(29(32)39)34(4-2)26(36)18-23(30)28(31)38/h5-6,9,11,17,21,23,25H,3-4,7-8,10,12-16,18-19,30H2,1-2H3,(H2,31,38)/t21-,23-,25-/m0/s1. The minimum atomic E-state index is -1.09. The van der Waals surface area contributed by atoms with Crippen LogP contribution in [0.4, 0.5) is 0 Å². The molecular formula is C29H42N6O4. The third-order valence-corrected chi connectivity index (χ3v) is 8.27. The van der Waals surface area contributed by atoms with E-state index in [2.05, 4.69) is 41.8 Å². The van der Waals surface area contributed by atoms with Gasteiger partial charge in [-0.25, -0.2) is 0 Å². The molecule has 212 valence electrons. The fourth-order valence-corrected chi connectivity index (χ4v) is 6.22. The molecule has 4 rings (SSSR count). The highest BCUT2D eigenvalue weighted by Crippen LogP contribution is 2.26. The fraction of sp³-hybridized carbons (Fsp3) is 0.586. The molecule has 1 aromatic carbocycles. The lowest BCUT2D eigenvalue weighted by Gasteiger charge is -2.39. The van der Waals surface area contributed by atoms with Crippen molar-refractivity contribution in [2.24, 2.45) is 11.5 Å². The number of carbonyl (C=O) groups is 4. The van der Waals surface area contributed by atoms with E-state index in [-0.39, 0.29) is 36.7 Å². The molecule has 2 saturated heterocycles. The van der Waals surface area contributed by atoms with Gasteiger partial charge in [0.1, 0.15) is 6.04 Å². The summed E-state index contributed by atoms with van der Waals surface area (Å²) in [6.07, 6.45) is 4.68. The maximum absolute atomic E-state index is 13.4. The lowest BCUT2D eigenvalue weighted by molar-refractivity contribution is -0.151. The quantitative estimate of drug-likeness (QED) is 0.448. The number of amides is 4. The molecule has 0 unspecified atom stereocenters. The highest BCUT2D eigenvalue weighted by molar-refractivity contribution is 5.93. The Labute approximate surface area is 230 Å². The second kappa shape index (κ2) is 12.6. The smallest absolute Gasteiger partial charge is 0.245 e. The molecule has 10 nitrogen and oxygen atoms in total. The monoisotopic (exact) mass is 538 g/mol. The zero-order valence-electron chi connectivity index (χ0n) is 23.2. The number of aromatic nitrogens is 1. The van der Waals surface area contributed by atoms with E-state index in [9.17, 15) is 19.2 Å². The van der Waals surface area contributed by atoms with Crippen LogP contribution in [0.3, 0.4) is 0 Å². The summed E-state index contributed by atoms with van der Waals surface area (Å²) in [7, 11) is 0. The van der Waals surface area contributed by atoms with Gasteiger partial charge in [-0.2, -0.15) is 0 Å². The molecule has 0 aliphatic carbocycles. The van der Waals surface area contributed by atoms with Gasteiger partial charge < -0.3 is 30.7 Å². The normalized spacial score (nSPS) is 20.4. The number of rotatable bonds is 11. The Kier molecular flexibility index (Phi) is 9.27. The maximum Gasteiger partial charge on any atom is 0.245 e. The number of para-hydroxylation sites is 1. The second-order valence-corrected chi connectivity index (χ2v) is 10.7. The van der Waals surface area contributed by atoms with E-state index in [4.69, 9.17) is 11.5 Å². The predicted octanol–water partition coefficient (Wildman–Crippen LogP) is 1.63. The SMILES string of the molecule is CCN(C(=O)C[C@H](N)C(N)=O)[C@H]1CCCN(CC(=O)N2CCC[C@H]2CCc2cc3ccccc3n2CC)C1=O. The van der Waals surface area contributed by atoms with Crippen LogP contribution in [-0.2, 0) is 32.1 Å². The summed E-state index contributed by atoms with van der Waals surface area (Å²) in [5.41, 5.74) is 13.4. The maximum atomic E-state index is 13.4. The molecule has 4 amide bonds. The van der Waals surface area contributed by atoms with Crippen LogP contribution in [0.5, 0.6) is 0 Å². The van der Waals surface area contributed by atoms with Gasteiger partial charge in [-0.15, -0.1) is 0 Å². The molecule has 0 bridgehead atoms. The molecule has 39 heavy (non-hydrogen) atoms. The molecule has 10 heteroatoms. The van der Waals surface area contributed by atoms with Crippen molar-refractivity contribution in [3.05, 3.63) is 36.0 Å². The summed E-state index contributed by atoms with van der Waals surface area (Å²) in [6.45, 7) is 6.37. The first-order chi connectivity index (χ1) is 18.7. The third kappa shape index (κ3) is 6.27. The summed E-state index contributed by atoms with van der Waals surface area (Å²) in [5, 5.41) is 1.24. The average molecular weight is 539 g/mol. The molecule has 3 heterocycles. The molecule has 2 fully saturated rings. The number of piperidine rings is 1. The van der Waals surface area contributed by atoms with Gasteiger partial charge in [-0.1, -0.05) is 18.2 Å². The first-order valence-corrected chi connectivity index (χ1v) is 14.2. The summed E-state index contributed by atoms with van der Waals surface area (Å²) < 4.78 is 2.35. The van der Waals surface area contributed by atoms with Crippen molar-refractivity contribution in [2.75, 3.05) is 26.2 Å². The van der Waals surface area contributed by atoms with Crippen molar-refractivity contribution in [3.63, 3.8) is 0 Å². The van der Waals surface area contributed by atoms with E-state index < -0.39 is 18.0 Å². The van der Waals surface area contributed by atoms with E-state index in [1.165, 1.54) is 21.5 Å². The van der Waals surface area contributed by atoms with Crippen molar-refractivity contribution in [3.8, 4) is 0 Å². The van der Waals surface area contributed by atoms with Crippen LogP contribution in [0.25, 0.3) is 10.9 Å². The van der Waals surface area contributed by atoms with E-state index in [1.807, 2.05) is 4.90 Å². The van der Waals surface area contributed by atoms with Crippen molar-refractivity contribution in [1.82, 2.24) is 19.3 Å². The van der Waals surface area contributed by atoms with E-state index in [0.29, 0.717) is 32.5 Å². The second-order valence-electron chi connectivity index (χ2n) is 10.7. The largest absolute Gasteiger partial charge is 0.368 e. The van der Waals surface area contributed by atoms with Crippen LogP contribution in [0.15, 0.2) is 30.3 Å². The first kappa shape index (κ1) is 28.6. The molecule has 2 aromatic rings. The van der Waals surface area contributed by atoms with Crippen molar-refractivity contribution in [1.29, 1.82) is 0 Å². The van der Waals surface area contributed by atoms with E-state index >= 15 is 0 Å². The molecule has 4 N–H and O–H groups in total. The van der Waals surface area contributed by atoms with E-state index in [0.717, 1.165) is 32.2 Å². The van der Waals surface area contributed by atoms with Gasteiger partial charge in [-0.05, 0) is 69.9 Å². The third-order valence-electron chi connectivity index (χ3n) is 8.27. The van der Waals surface area contributed by atoms with Crippen LogP contribution in [0, 0.1) is 0 Å². The average Bonchev–Trinajstić information content (AvgIpc) is 3.53. The van der Waals surface area contributed by atoms with Gasteiger partial charge in [0.25, 0.3) is 0 Å². The van der Waals surface area contributed by atoms with Crippen LogP contribution in [0.1, 0.15) is 58.1 Å². The summed E-state index contributed by atoms with van der Waals surface area (Å²) in [6, 6.07) is 9.07. The fourth-order valence-electron chi connectivity index (χ4n) is 6.22. The number of hydrogen-bond acceptors (Lipinski definition) is 5. The number of benzene rings is 1. The topological polar surface area (TPSA) is 135 Å². The Balaban J connectivity index is 1.37. The van der Waals surface area contributed by atoms with Crippen LogP contribution in [-0.4, -0.2) is 87.2 Å². The number of aryl methyl sites for hydroxylation is 2. The van der Waals surface area contributed by atoms with Crippen molar-refractivity contribution < 1.29 is 19.2 Å². The zero-order chi connectivity index (χ0) is 28.1. The summed E-state index contributed by atoms with van der Waals surface area (Å²) in [4.78, 5) is 55.9. The minimum Gasteiger partial charge on any atom is -0.368 e. The Morgan fingerprint density at radius 2 is 1.85 bits per heavy atom. The molecule has 2 aliphatic rings. The van der Waals surface area contributed by atoms with Gasteiger partial charge in [0, 0.05) is 43.4 Å². The van der Waals surface area contributed by atoms with Crippen LogP contribution in [0.2, 0.25) is 0 Å². The molecule has 0 saturated carbocycles. The first-order valence-electron chi connectivity index (χ1n) is 14.2. The summed E-state index contributed by atoms with van der Waals surface area (Å²) in [5.74, 6) is -1.38. The molecule has 1 aromatic heterocycles. The van der Waals surface area contributed by atoms with Gasteiger partial charge >= 0.3 is 0 Å². The number of carbonyl (C=O) groups excluding carboxylic acids is 4. The number of hydrogen-bond donors (Lipinski definition) is 2. The van der Waals surface area contributed by atoms with Crippen molar-refractivity contribution >= 4 is 34.5 Å². The zero-order valence-corrected chi connectivity index (χ0v) is 23.2.